The topological polar surface area (TPSA) is 78.3 Å². The molecule has 40 heavy (non-hydrogen) atoms. The Bertz CT molecular complexity index is 1190. The first-order valence-electron chi connectivity index (χ1n) is 13.9. The predicted molar refractivity (Wildman–Crippen MR) is 152 cm³/mol. The van der Waals surface area contributed by atoms with E-state index in [4.69, 9.17) is 9.15 Å². The summed E-state index contributed by atoms with van der Waals surface area (Å²) in [5.74, 6) is 0.457. The summed E-state index contributed by atoms with van der Waals surface area (Å²) in [5, 5.41) is 2.96. The monoisotopic (exact) mass is 550 g/mol. The van der Waals surface area contributed by atoms with Gasteiger partial charge in [-0.05, 0) is 59.9 Å². The van der Waals surface area contributed by atoms with Crippen molar-refractivity contribution in [3.8, 4) is 0 Å². The zero-order valence-electron chi connectivity index (χ0n) is 23.4. The maximum atomic E-state index is 13.7. The van der Waals surface area contributed by atoms with Gasteiger partial charge in [-0.15, -0.1) is 0 Å². The highest BCUT2D eigenvalue weighted by Gasteiger charge is 2.23. The van der Waals surface area contributed by atoms with Gasteiger partial charge in [-0.25, -0.2) is 9.18 Å². The Balaban J connectivity index is 1.46. The first kappa shape index (κ1) is 29.3. The minimum absolute atomic E-state index is 0.0963. The van der Waals surface area contributed by atoms with E-state index in [9.17, 15) is 14.0 Å². The van der Waals surface area contributed by atoms with Gasteiger partial charge in [0.1, 0.15) is 18.1 Å². The molecule has 0 radical (unpaired) electrons. The summed E-state index contributed by atoms with van der Waals surface area (Å²) >= 11 is 0. The number of halogens is 1. The fourth-order valence-electron chi connectivity index (χ4n) is 4.61. The van der Waals surface area contributed by atoms with Crippen LogP contribution < -0.4 is 5.32 Å². The van der Waals surface area contributed by atoms with E-state index >= 15 is 0 Å². The molecule has 1 aliphatic heterocycles. The second-order valence-corrected chi connectivity index (χ2v) is 10.4. The lowest BCUT2D eigenvalue weighted by Crippen LogP contribution is -2.45. The zero-order valence-corrected chi connectivity index (χ0v) is 23.4. The third-order valence-electron chi connectivity index (χ3n) is 7.01. The van der Waals surface area contributed by atoms with E-state index in [1.54, 1.807) is 40.3 Å². The molecule has 1 fully saturated rings. The number of rotatable bonds is 12. The minimum atomic E-state index is -0.336. The van der Waals surface area contributed by atoms with Crippen molar-refractivity contribution in [3.63, 3.8) is 0 Å². The van der Waals surface area contributed by atoms with Gasteiger partial charge in [0.05, 0.1) is 26.0 Å². The third-order valence-corrected chi connectivity index (χ3v) is 7.01. The third kappa shape index (κ3) is 8.93. The Morgan fingerprint density at radius 3 is 2.35 bits per heavy atom. The quantitative estimate of drug-likeness (QED) is 0.330. The molecule has 3 aromatic rings. The number of nitrogens with zero attached hydrogens (tertiary/aromatic N) is 3. The number of amides is 3. The van der Waals surface area contributed by atoms with Crippen LogP contribution in [-0.4, -0.2) is 72.6 Å². The predicted octanol–water partition coefficient (Wildman–Crippen LogP) is 5.33. The van der Waals surface area contributed by atoms with Crippen LogP contribution in [0, 0.1) is 5.82 Å². The summed E-state index contributed by atoms with van der Waals surface area (Å²) in [6.07, 6.45) is 2.29. The van der Waals surface area contributed by atoms with Crippen LogP contribution in [0.3, 0.4) is 0 Å². The van der Waals surface area contributed by atoms with Crippen LogP contribution >= 0.6 is 0 Å². The number of nitrogens with one attached hydrogen (secondary N) is 1. The number of hydrogen-bond acceptors (Lipinski definition) is 5. The smallest absolute Gasteiger partial charge is 0.322 e. The second kappa shape index (κ2) is 14.6. The SMILES string of the molecule is CC(C)c1ccc(NC(=O)N(CCCN2CCOCC2)CC(=O)N(Cc2ccc(F)cc2)Cc2ccco2)cc1. The van der Waals surface area contributed by atoms with E-state index < -0.39 is 0 Å². The van der Waals surface area contributed by atoms with E-state index in [2.05, 4.69) is 24.1 Å². The Labute approximate surface area is 235 Å². The number of urea groups is 1. The molecule has 8 nitrogen and oxygen atoms in total. The number of furan rings is 1. The van der Waals surface area contributed by atoms with Gasteiger partial charge in [0.25, 0.3) is 0 Å². The van der Waals surface area contributed by atoms with Crippen molar-refractivity contribution in [2.24, 2.45) is 0 Å². The number of benzene rings is 2. The molecular weight excluding hydrogens is 511 g/mol. The van der Waals surface area contributed by atoms with Crippen molar-refractivity contribution >= 4 is 17.6 Å². The molecule has 0 aliphatic carbocycles. The molecule has 2 aromatic carbocycles. The molecule has 1 saturated heterocycles. The largest absolute Gasteiger partial charge is 0.467 e. The molecule has 1 aromatic heterocycles. The number of morpholine rings is 1. The van der Waals surface area contributed by atoms with Crippen LogP contribution in [0.2, 0.25) is 0 Å². The molecule has 0 saturated carbocycles. The lowest BCUT2D eigenvalue weighted by atomic mass is 10.0. The van der Waals surface area contributed by atoms with E-state index in [-0.39, 0.29) is 37.4 Å². The summed E-state index contributed by atoms with van der Waals surface area (Å²) in [5.41, 5.74) is 2.65. The Kier molecular flexibility index (Phi) is 10.7. The highest BCUT2D eigenvalue weighted by molar-refractivity contribution is 5.92. The molecule has 1 N–H and O–H groups in total. The number of anilines is 1. The molecule has 1 aliphatic rings. The van der Waals surface area contributed by atoms with Crippen molar-refractivity contribution in [2.75, 3.05) is 51.3 Å². The summed E-state index contributed by atoms with van der Waals surface area (Å²) in [6.45, 7) is 9.03. The lowest BCUT2D eigenvalue weighted by molar-refractivity contribution is -0.133. The number of hydrogen-bond donors (Lipinski definition) is 1. The summed E-state index contributed by atoms with van der Waals surface area (Å²) in [4.78, 5) is 32.6. The van der Waals surface area contributed by atoms with Gasteiger partial charge in [0.2, 0.25) is 5.91 Å². The van der Waals surface area contributed by atoms with Crippen molar-refractivity contribution < 1.29 is 23.1 Å². The van der Waals surface area contributed by atoms with E-state index in [1.165, 1.54) is 17.7 Å². The molecule has 2 heterocycles. The fraction of sp³-hybridized carbons (Fsp3) is 0.419. The Hall–Kier alpha value is -3.69. The number of ether oxygens (including phenoxy) is 1. The van der Waals surface area contributed by atoms with Crippen molar-refractivity contribution in [1.29, 1.82) is 0 Å². The van der Waals surface area contributed by atoms with Crippen LogP contribution in [-0.2, 0) is 22.6 Å². The average molecular weight is 551 g/mol. The van der Waals surface area contributed by atoms with E-state index in [0.29, 0.717) is 37.1 Å². The minimum Gasteiger partial charge on any atom is -0.467 e. The van der Waals surface area contributed by atoms with E-state index in [0.717, 1.165) is 31.6 Å². The highest BCUT2D eigenvalue weighted by Crippen LogP contribution is 2.18. The van der Waals surface area contributed by atoms with Crippen LogP contribution in [0.25, 0.3) is 0 Å². The van der Waals surface area contributed by atoms with Crippen molar-refractivity contribution in [3.05, 3.63) is 89.6 Å². The Morgan fingerprint density at radius 1 is 0.975 bits per heavy atom. The van der Waals surface area contributed by atoms with E-state index in [1.807, 2.05) is 24.3 Å². The molecule has 4 rings (SSSR count). The summed E-state index contributed by atoms with van der Waals surface area (Å²) in [7, 11) is 0. The van der Waals surface area contributed by atoms with Gasteiger partial charge in [-0.1, -0.05) is 38.1 Å². The maximum absolute atomic E-state index is 13.7. The zero-order chi connectivity index (χ0) is 28.3. The van der Waals surface area contributed by atoms with Gasteiger partial charge in [0, 0.05) is 38.4 Å². The van der Waals surface area contributed by atoms with Crippen molar-refractivity contribution in [1.82, 2.24) is 14.7 Å². The molecule has 0 spiro atoms. The Morgan fingerprint density at radius 2 is 1.70 bits per heavy atom. The standard InChI is InChI=1S/C31H39FN4O4/c1-24(2)26-8-12-28(13-9-26)33-31(38)35(15-4-14-34-16-19-39-20-17-34)23-30(37)36(22-29-5-3-18-40-29)21-25-6-10-27(32)11-7-25/h3,5-13,18,24H,4,14-17,19-23H2,1-2H3,(H,33,38). The first-order chi connectivity index (χ1) is 19.4. The van der Waals surface area contributed by atoms with Crippen LogP contribution in [0.1, 0.15) is 43.1 Å². The number of carbonyl (C=O) groups excluding carboxylic acids is 2. The second-order valence-electron chi connectivity index (χ2n) is 10.4. The van der Waals surface area contributed by atoms with Gasteiger partial charge >= 0.3 is 6.03 Å². The maximum Gasteiger partial charge on any atom is 0.322 e. The lowest BCUT2D eigenvalue weighted by Gasteiger charge is -2.30. The van der Waals surface area contributed by atoms with Gasteiger partial charge in [-0.2, -0.15) is 0 Å². The molecule has 0 bridgehead atoms. The van der Waals surface area contributed by atoms with Crippen LogP contribution in [0.5, 0.6) is 0 Å². The summed E-state index contributed by atoms with van der Waals surface area (Å²) in [6, 6.07) is 17.1. The van der Waals surface area contributed by atoms with Crippen LogP contribution in [0.4, 0.5) is 14.9 Å². The normalized spacial score (nSPS) is 13.8. The summed E-state index contributed by atoms with van der Waals surface area (Å²) < 4.78 is 24.4. The first-order valence-corrected chi connectivity index (χ1v) is 13.9. The molecule has 3 amide bonds. The molecule has 0 atom stereocenters. The highest BCUT2D eigenvalue weighted by atomic mass is 19.1. The molecule has 214 valence electrons. The average Bonchev–Trinajstić information content (AvgIpc) is 3.47. The fourth-order valence-corrected chi connectivity index (χ4v) is 4.61. The molecular formula is C31H39FN4O4. The van der Waals surface area contributed by atoms with Gasteiger partial charge in [0.15, 0.2) is 0 Å². The van der Waals surface area contributed by atoms with Gasteiger partial charge in [-0.3, -0.25) is 9.69 Å². The van der Waals surface area contributed by atoms with Gasteiger partial charge < -0.3 is 24.3 Å². The van der Waals surface area contributed by atoms with Crippen molar-refractivity contribution in [2.45, 2.75) is 39.3 Å². The molecule has 9 heteroatoms. The number of carbonyl (C=O) groups is 2. The van der Waals surface area contributed by atoms with Crippen LogP contribution in [0.15, 0.2) is 71.3 Å². The molecule has 0 unspecified atom stereocenters.